The van der Waals surface area contributed by atoms with Gasteiger partial charge in [0.25, 0.3) is 0 Å². The van der Waals surface area contributed by atoms with Crippen molar-refractivity contribution in [3.05, 3.63) is 48.2 Å². The molecule has 0 atom stereocenters. The van der Waals surface area contributed by atoms with Crippen molar-refractivity contribution >= 4 is 5.97 Å². The first-order chi connectivity index (χ1) is 8.20. The summed E-state index contributed by atoms with van der Waals surface area (Å²) >= 11 is 0. The highest BCUT2D eigenvalue weighted by Crippen LogP contribution is 2.20. The number of nitrogens with zero attached hydrogens (tertiary/aromatic N) is 1. The van der Waals surface area contributed by atoms with E-state index in [2.05, 4.69) is 4.98 Å². The zero-order valence-corrected chi connectivity index (χ0v) is 9.21. The Hall–Kier alpha value is -2.36. The number of carboxylic acid groups (broad SMARTS) is 1. The summed E-state index contributed by atoms with van der Waals surface area (Å²) in [5.74, 6) is -0.537. The molecule has 0 radical (unpaired) electrons. The number of ether oxygens (including phenoxy) is 1. The molecule has 0 N–H and O–H groups in total. The Bertz CT molecular complexity index is 535. The van der Waals surface area contributed by atoms with Gasteiger partial charge in [-0.05, 0) is 36.4 Å². The molecule has 17 heavy (non-hydrogen) atoms. The van der Waals surface area contributed by atoms with Crippen LogP contribution in [0.5, 0.6) is 5.75 Å². The van der Waals surface area contributed by atoms with Crippen LogP contribution in [0.15, 0.2) is 42.5 Å². The number of benzene rings is 1. The molecule has 0 aliphatic heterocycles. The van der Waals surface area contributed by atoms with E-state index in [0.717, 1.165) is 11.3 Å². The first-order valence-corrected chi connectivity index (χ1v) is 5.03. The highest BCUT2D eigenvalue weighted by atomic mass is 16.5. The van der Waals surface area contributed by atoms with Gasteiger partial charge in [0.2, 0.25) is 0 Å². The van der Waals surface area contributed by atoms with Crippen molar-refractivity contribution in [3.63, 3.8) is 0 Å². The number of aromatic carboxylic acids is 1. The second kappa shape index (κ2) is 4.65. The molecule has 0 bridgehead atoms. The molecule has 0 spiro atoms. The van der Waals surface area contributed by atoms with E-state index >= 15 is 0 Å². The number of hydrogen-bond acceptors (Lipinski definition) is 4. The van der Waals surface area contributed by atoms with Gasteiger partial charge < -0.3 is 14.6 Å². The first-order valence-electron chi connectivity index (χ1n) is 5.03. The van der Waals surface area contributed by atoms with Gasteiger partial charge in [-0.2, -0.15) is 0 Å². The molecule has 0 unspecified atom stereocenters. The molecule has 2 rings (SSSR count). The first kappa shape index (κ1) is 11.1. The monoisotopic (exact) mass is 228 g/mol. The quantitative estimate of drug-likeness (QED) is 0.789. The van der Waals surface area contributed by atoms with Crippen molar-refractivity contribution in [1.82, 2.24) is 4.98 Å². The fraction of sp³-hybridized carbons (Fsp3) is 0.0769. The summed E-state index contributed by atoms with van der Waals surface area (Å²) in [4.78, 5) is 14.7. The predicted octanol–water partition coefficient (Wildman–Crippen LogP) is 1.12. The lowest BCUT2D eigenvalue weighted by atomic mass is 10.1. The van der Waals surface area contributed by atoms with E-state index < -0.39 is 5.97 Å². The fourth-order valence-electron chi connectivity index (χ4n) is 1.47. The molecule has 4 nitrogen and oxygen atoms in total. The Balaban J connectivity index is 2.38. The van der Waals surface area contributed by atoms with Crippen LogP contribution in [-0.4, -0.2) is 18.1 Å². The molecule has 0 aliphatic rings. The topological polar surface area (TPSA) is 62.2 Å². The zero-order valence-electron chi connectivity index (χ0n) is 9.21. The van der Waals surface area contributed by atoms with Crippen molar-refractivity contribution < 1.29 is 14.6 Å². The normalized spacial score (nSPS) is 9.94. The number of carbonyl (C=O) groups excluding carboxylic acids is 1. The average Bonchev–Trinajstić information content (AvgIpc) is 2.39. The summed E-state index contributed by atoms with van der Waals surface area (Å²) < 4.78 is 5.04. The minimum absolute atomic E-state index is 0.0710. The standard InChI is InChI=1S/C13H11NO3/c1-17-10-7-5-9(6-8-10)11-3-2-4-12(14-11)13(15)16/h2-8H,1H3,(H,15,16)/p-1. The Morgan fingerprint density at radius 3 is 2.47 bits per heavy atom. The van der Waals surface area contributed by atoms with Gasteiger partial charge in [0.15, 0.2) is 0 Å². The minimum Gasteiger partial charge on any atom is -0.543 e. The number of hydrogen-bond donors (Lipinski definition) is 0. The van der Waals surface area contributed by atoms with Gasteiger partial charge in [-0.3, -0.25) is 0 Å². The summed E-state index contributed by atoms with van der Waals surface area (Å²) in [5.41, 5.74) is 1.35. The number of carbonyl (C=O) groups is 1. The molecule has 0 fully saturated rings. The number of methoxy groups -OCH3 is 1. The number of rotatable bonds is 3. The Labute approximate surface area is 98.5 Å². The van der Waals surface area contributed by atoms with Gasteiger partial charge >= 0.3 is 0 Å². The van der Waals surface area contributed by atoms with E-state index in [1.54, 1.807) is 31.4 Å². The SMILES string of the molecule is COc1ccc(-c2cccc(C(=O)[O-])n2)cc1. The van der Waals surface area contributed by atoms with Crippen molar-refractivity contribution in [2.24, 2.45) is 0 Å². The maximum atomic E-state index is 10.7. The lowest BCUT2D eigenvalue weighted by Gasteiger charge is -2.06. The number of pyridine rings is 1. The minimum atomic E-state index is -1.28. The van der Waals surface area contributed by atoms with E-state index in [0.29, 0.717) is 5.69 Å². The Kier molecular flexibility index (Phi) is 3.05. The predicted molar refractivity (Wildman–Crippen MR) is 60.6 cm³/mol. The van der Waals surface area contributed by atoms with E-state index in [-0.39, 0.29) is 5.69 Å². The van der Waals surface area contributed by atoms with Gasteiger partial charge in [-0.1, -0.05) is 6.07 Å². The van der Waals surface area contributed by atoms with Crippen molar-refractivity contribution in [3.8, 4) is 17.0 Å². The maximum Gasteiger partial charge on any atom is 0.118 e. The van der Waals surface area contributed by atoms with Crippen molar-refractivity contribution in [1.29, 1.82) is 0 Å². The molecular formula is C13H10NO3-. The van der Waals surface area contributed by atoms with Gasteiger partial charge in [-0.15, -0.1) is 0 Å². The van der Waals surface area contributed by atoms with Crippen LogP contribution in [0.25, 0.3) is 11.3 Å². The van der Waals surface area contributed by atoms with E-state index in [9.17, 15) is 9.90 Å². The van der Waals surface area contributed by atoms with E-state index in [1.165, 1.54) is 6.07 Å². The average molecular weight is 228 g/mol. The lowest BCUT2D eigenvalue weighted by molar-refractivity contribution is -0.255. The molecule has 2 aromatic rings. The lowest BCUT2D eigenvalue weighted by Crippen LogP contribution is -2.23. The van der Waals surface area contributed by atoms with E-state index in [1.807, 2.05) is 12.1 Å². The van der Waals surface area contributed by atoms with Gasteiger partial charge in [0.05, 0.1) is 24.5 Å². The fourth-order valence-corrected chi connectivity index (χ4v) is 1.47. The highest BCUT2D eigenvalue weighted by molar-refractivity contribution is 5.84. The Morgan fingerprint density at radius 1 is 1.18 bits per heavy atom. The third-order valence-corrected chi connectivity index (χ3v) is 2.34. The molecule has 1 aromatic carbocycles. The van der Waals surface area contributed by atoms with Crippen LogP contribution in [0.4, 0.5) is 0 Å². The summed E-state index contributed by atoms with van der Waals surface area (Å²) in [7, 11) is 1.59. The summed E-state index contributed by atoms with van der Waals surface area (Å²) in [5, 5.41) is 10.7. The molecule has 86 valence electrons. The van der Waals surface area contributed by atoms with Crippen molar-refractivity contribution in [2.75, 3.05) is 7.11 Å². The molecule has 4 heteroatoms. The molecular weight excluding hydrogens is 218 g/mol. The van der Waals surface area contributed by atoms with Crippen LogP contribution >= 0.6 is 0 Å². The smallest absolute Gasteiger partial charge is 0.118 e. The van der Waals surface area contributed by atoms with Gasteiger partial charge in [0.1, 0.15) is 5.75 Å². The van der Waals surface area contributed by atoms with Crippen LogP contribution in [0.1, 0.15) is 10.5 Å². The molecule has 0 amide bonds. The molecule has 0 saturated heterocycles. The number of aromatic nitrogens is 1. The van der Waals surface area contributed by atoms with Crippen LogP contribution in [-0.2, 0) is 0 Å². The molecule has 0 aliphatic carbocycles. The van der Waals surface area contributed by atoms with Crippen LogP contribution in [0.2, 0.25) is 0 Å². The maximum absolute atomic E-state index is 10.7. The molecule has 1 heterocycles. The third-order valence-electron chi connectivity index (χ3n) is 2.34. The van der Waals surface area contributed by atoms with Gasteiger partial charge in [-0.25, -0.2) is 4.98 Å². The largest absolute Gasteiger partial charge is 0.543 e. The van der Waals surface area contributed by atoms with Gasteiger partial charge in [0, 0.05) is 5.56 Å². The second-order valence-electron chi connectivity index (χ2n) is 3.42. The summed E-state index contributed by atoms with van der Waals surface area (Å²) in [6.07, 6.45) is 0. The highest BCUT2D eigenvalue weighted by Gasteiger charge is 2.02. The van der Waals surface area contributed by atoms with Crippen LogP contribution in [0, 0.1) is 0 Å². The second-order valence-corrected chi connectivity index (χ2v) is 3.42. The molecule has 0 saturated carbocycles. The summed E-state index contributed by atoms with van der Waals surface area (Å²) in [6, 6.07) is 12.0. The van der Waals surface area contributed by atoms with E-state index in [4.69, 9.17) is 4.74 Å². The van der Waals surface area contributed by atoms with Crippen molar-refractivity contribution in [2.45, 2.75) is 0 Å². The zero-order chi connectivity index (χ0) is 12.3. The molecule has 1 aromatic heterocycles. The number of carboxylic acids is 1. The van der Waals surface area contributed by atoms with Crippen LogP contribution < -0.4 is 9.84 Å². The Morgan fingerprint density at radius 2 is 1.88 bits per heavy atom. The summed E-state index contributed by atoms with van der Waals surface area (Å²) in [6.45, 7) is 0. The van der Waals surface area contributed by atoms with Crippen LogP contribution in [0.3, 0.4) is 0 Å². The third kappa shape index (κ3) is 2.42.